The second kappa shape index (κ2) is 6.91. The van der Waals surface area contributed by atoms with Crippen molar-refractivity contribution in [1.29, 1.82) is 0 Å². The summed E-state index contributed by atoms with van der Waals surface area (Å²) in [7, 11) is 1.79. The highest BCUT2D eigenvalue weighted by atomic mass is 16.5. The molecule has 4 nitrogen and oxygen atoms in total. The van der Waals surface area contributed by atoms with Crippen LogP contribution in [0.15, 0.2) is 24.3 Å². The number of carbonyl (C=O) groups is 1. The minimum atomic E-state index is -0.799. The largest absolute Gasteiger partial charge is 0.493 e. The molecular formula is C13H19NO3. The Bertz CT molecular complexity index is 365. The first-order valence-corrected chi connectivity index (χ1v) is 5.68. The minimum absolute atomic E-state index is 0.0738. The molecule has 0 aliphatic heterocycles. The van der Waals surface area contributed by atoms with Gasteiger partial charge in [0.2, 0.25) is 0 Å². The quantitative estimate of drug-likeness (QED) is 0.734. The lowest BCUT2D eigenvalue weighted by molar-refractivity contribution is -0.138. The van der Waals surface area contributed by atoms with Gasteiger partial charge in [-0.1, -0.05) is 18.2 Å². The molecule has 0 bridgehead atoms. The Morgan fingerprint density at radius 1 is 1.41 bits per heavy atom. The van der Waals surface area contributed by atoms with Gasteiger partial charge in [0.25, 0.3) is 0 Å². The summed E-state index contributed by atoms with van der Waals surface area (Å²) in [5.74, 6) is 0.0979. The second-order valence-electron chi connectivity index (χ2n) is 4.10. The van der Waals surface area contributed by atoms with E-state index >= 15 is 0 Å². The highest BCUT2D eigenvalue weighted by Crippen LogP contribution is 2.16. The van der Waals surface area contributed by atoms with Gasteiger partial charge in [-0.3, -0.25) is 9.69 Å². The van der Waals surface area contributed by atoms with Crippen molar-refractivity contribution in [2.45, 2.75) is 13.3 Å². The molecule has 17 heavy (non-hydrogen) atoms. The minimum Gasteiger partial charge on any atom is -0.493 e. The van der Waals surface area contributed by atoms with Crippen LogP contribution in [0.4, 0.5) is 0 Å². The summed E-state index contributed by atoms with van der Waals surface area (Å²) in [6.07, 6.45) is 0.818. The first-order chi connectivity index (χ1) is 8.09. The zero-order valence-electron chi connectivity index (χ0n) is 10.3. The Morgan fingerprint density at radius 3 is 2.76 bits per heavy atom. The van der Waals surface area contributed by atoms with E-state index in [0.717, 1.165) is 24.3 Å². The molecule has 94 valence electrons. The molecule has 0 aliphatic rings. The molecule has 0 saturated heterocycles. The van der Waals surface area contributed by atoms with Crippen LogP contribution in [0, 0.1) is 6.92 Å². The molecule has 4 heteroatoms. The van der Waals surface area contributed by atoms with Gasteiger partial charge in [-0.15, -0.1) is 0 Å². The number of carboxylic acids is 1. The van der Waals surface area contributed by atoms with E-state index in [2.05, 4.69) is 0 Å². The lowest BCUT2D eigenvalue weighted by Crippen LogP contribution is -2.27. The van der Waals surface area contributed by atoms with E-state index in [-0.39, 0.29) is 6.54 Å². The lowest BCUT2D eigenvalue weighted by Gasteiger charge is -2.14. The molecular weight excluding hydrogens is 218 g/mol. The number of hydrogen-bond acceptors (Lipinski definition) is 3. The van der Waals surface area contributed by atoms with E-state index in [0.29, 0.717) is 6.61 Å². The Balaban J connectivity index is 2.20. The van der Waals surface area contributed by atoms with E-state index < -0.39 is 5.97 Å². The van der Waals surface area contributed by atoms with Crippen LogP contribution in [0.2, 0.25) is 0 Å². The summed E-state index contributed by atoms with van der Waals surface area (Å²) >= 11 is 0. The van der Waals surface area contributed by atoms with E-state index in [4.69, 9.17) is 9.84 Å². The van der Waals surface area contributed by atoms with Crippen LogP contribution in [0.5, 0.6) is 5.75 Å². The molecule has 0 heterocycles. The maximum Gasteiger partial charge on any atom is 0.317 e. The van der Waals surface area contributed by atoms with Crippen molar-refractivity contribution in [1.82, 2.24) is 4.90 Å². The zero-order valence-corrected chi connectivity index (χ0v) is 10.3. The predicted molar refractivity (Wildman–Crippen MR) is 66.4 cm³/mol. The number of nitrogens with zero attached hydrogens (tertiary/aromatic N) is 1. The third kappa shape index (κ3) is 5.36. The number of likely N-dealkylation sites (N-methyl/N-ethyl adjacent to an activating group) is 1. The van der Waals surface area contributed by atoms with Gasteiger partial charge < -0.3 is 9.84 Å². The number of hydrogen-bond donors (Lipinski definition) is 1. The number of benzene rings is 1. The fraction of sp³-hybridized carbons (Fsp3) is 0.462. The van der Waals surface area contributed by atoms with Crippen LogP contribution < -0.4 is 4.74 Å². The molecule has 0 unspecified atom stereocenters. The molecule has 0 amide bonds. The van der Waals surface area contributed by atoms with Crippen molar-refractivity contribution < 1.29 is 14.6 Å². The van der Waals surface area contributed by atoms with Crippen molar-refractivity contribution in [3.63, 3.8) is 0 Å². The monoisotopic (exact) mass is 237 g/mol. The summed E-state index contributed by atoms with van der Waals surface area (Å²) in [5.41, 5.74) is 1.12. The fourth-order valence-corrected chi connectivity index (χ4v) is 1.54. The van der Waals surface area contributed by atoms with Gasteiger partial charge in [-0.2, -0.15) is 0 Å². The lowest BCUT2D eigenvalue weighted by atomic mass is 10.2. The average Bonchev–Trinajstić information content (AvgIpc) is 2.25. The third-order valence-corrected chi connectivity index (χ3v) is 2.44. The second-order valence-corrected chi connectivity index (χ2v) is 4.10. The topological polar surface area (TPSA) is 49.8 Å². The molecule has 0 aromatic heterocycles. The smallest absolute Gasteiger partial charge is 0.317 e. The van der Waals surface area contributed by atoms with E-state index in [9.17, 15) is 4.79 Å². The van der Waals surface area contributed by atoms with Crippen molar-refractivity contribution in [3.05, 3.63) is 29.8 Å². The molecule has 0 saturated carbocycles. The summed E-state index contributed by atoms with van der Waals surface area (Å²) in [6, 6.07) is 7.86. The van der Waals surface area contributed by atoms with Crippen molar-refractivity contribution in [2.24, 2.45) is 0 Å². The number of aryl methyl sites for hydroxylation is 1. The normalized spacial score (nSPS) is 10.5. The summed E-state index contributed by atoms with van der Waals surface area (Å²) < 4.78 is 5.62. The summed E-state index contributed by atoms with van der Waals surface area (Å²) in [5, 5.41) is 8.58. The van der Waals surface area contributed by atoms with Crippen LogP contribution in [-0.4, -0.2) is 42.7 Å². The van der Waals surface area contributed by atoms with E-state index in [1.165, 1.54) is 0 Å². The average molecular weight is 237 g/mol. The SMILES string of the molecule is Cc1ccccc1OCCCN(C)CC(=O)O. The van der Waals surface area contributed by atoms with Gasteiger partial charge >= 0.3 is 5.97 Å². The predicted octanol–water partition coefficient (Wildman–Crippen LogP) is 1.78. The van der Waals surface area contributed by atoms with Crippen molar-refractivity contribution in [2.75, 3.05) is 26.7 Å². The van der Waals surface area contributed by atoms with Crippen LogP contribution in [-0.2, 0) is 4.79 Å². The number of rotatable bonds is 7. The fourth-order valence-electron chi connectivity index (χ4n) is 1.54. The van der Waals surface area contributed by atoms with Crippen molar-refractivity contribution >= 4 is 5.97 Å². The van der Waals surface area contributed by atoms with Crippen LogP contribution in [0.25, 0.3) is 0 Å². The summed E-state index contributed by atoms with van der Waals surface area (Å²) in [4.78, 5) is 12.2. The van der Waals surface area contributed by atoms with Crippen molar-refractivity contribution in [3.8, 4) is 5.75 Å². The maximum absolute atomic E-state index is 10.4. The number of aliphatic carboxylic acids is 1. The Kier molecular flexibility index (Phi) is 5.49. The number of ether oxygens (including phenoxy) is 1. The van der Waals surface area contributed by atoms with Crippen LogP contribution >= 0.6 is 0 Å². The van der Waals surface area contributed by atoms with Gasteiger partial charge in [-0.25, -0.2) is 0 Å². The molecule has 0 atom stereocenters. The molecule has 1 aromatic rings. The molecule has 1 rings (SSSR count). The standard InChI is InChI=1S/C13H19NO3/c1-11-6-3-4-7-12(11)17-9-5-8-14(2)10-13(15)16/h3-4,6-7H,5,8-10H2,1-2H3,(H,15,16). The first-order valence-electron chi connectivity index (χ1n) is 5.68. The number of para-hydroxylation sites is 1. The zero-order chi connectivity index (χ0) is 12.7. The van der Waals surface area contributed by atoms with Gasteiger partial charge in [0.05, 0.1) is 13.2 Å². The Hall–Kier alpha value is -1.55. The highest BCUT2D eigenvalue weighted by Gasteiger charge is 2.03. The first kappa shape index (κ1) is 13.5. The molecule has 1 aromatic carbocycles. The molecule has 0 aliphatic carbocycles. The van der Waals surface area contributed by atoms with Gasteiger partial charge in [-0.05, 0) is 32.0 Å². The maximum atomic E-state index is 10.4. The van der Waals surface area contributed by atoms with E-state index in [1.54, 1.807) is 11.9 Å². The van der Waals surface area contributed by atoms with Gasteiger partial charge in [0.15, 0.2) is 0 Å². The Morgan fingerprint density at radius 2 is 2.12 bits per heavy atom. The molecule has 0 fully saturated rings. The third-order valence-electron chi connectivity index (χ3n) is 2.44. The molecule has 0 spiro atoms. The number of carboxylic acid groups (broad SMARTS) is 1. The highest BCUT2D eigenvalue weighted by molar-refractivity contribution is 5.68. The summed E-state index contributed by atoms with van der Waals surface area (Å²) in [6.45, 7) is 3.41. The van der Waals surface area contributed by atoms with Gasteiger partial charge in [0, 0.05) is 6.54 Å². The molecule has 1 N–H and O–H groups in total. The Labute approximate surface area is 102 Å². The van der Waals surface area contributed by atoms with E-state index in [1.807, 2.05) is 31.2 Å². The molecule has 0 radical (unpaired) electrons. The van der Waals surface area contributed by atoms with Gasteiger partial charge in [0.1, 0.15) is 5.75 Å². The van der Waals surface area contributed by atoms with Crippen LogP contribution in [0.3, 0.4) is 0 Å². The van der Waals surface area contributed by atoms with Crippen LogP contribution in [0.1, 0.15) is 12.0 Å².